The van der Waals surface area contributed by atoms with E-state index in [0.717, 1.165) is 47.7 Å². The number of anilines is 2. The highest BCUT2D eigenvalue weighted by molar-refractivity contribution is 8.77. The normalized spacial score (nSPS) is 16.1. The van der Waals surface area contributed by atoms with E-state index < -0.39 is 143 Å². The van der Waals surface area contributed by atoms with Crippen molar-refractivity contribution in [2.45, 2.75) is 78.9 Å². The van der Waals surface area contributed by atoms with Crippen molar-refractivity contribution in [3.63, 3.8) is 0 Å². The van der Waals surface area contributed by atoms with Crippen LogP contribution >= 0.6 is 45.1 Å². The minimum absolute atomic E-state index is 0.000234. The molecule has 0 spiro atoms. The predicted molar refractivity (Wildman–Crippen MR) is 355 cm³/mol. The van der Waals surface area contributed by atoms with Crippen LogP contribution in [0, 0.1) is 17.3 Å². The van der Waals surface area contributed by atoms with E-state index in [2.05, 4.69) is 61.3 Å². The van der Waals surface area contributed by atoms with Crippen molar-refractivity contribution in [2.75, 3.05) is 96.6 Å². The Kier molecular flexibility index (Phi) is 30.5. The molecule has 3 heterocycles. The molecule has 1 saturated heterocycles. The van der Waals surface area contributed by atoms with E-state index in [9.17, 15) is 78.5 Å². The maximum absolute atomic E-state index is 13.4. The molecule has 41 nitrogen and oxygen atoms in total. The molecule has 2 unspecified atom stereocenters. The summed E-state index contributed by atoms with van der Waals surface area (Å²) in [4.78, 5) is 105. The van der Waals surface area contributed by atoms with E-state index in [1.54, 1.807) is 10.8 Å². The fraction of sp³-hybridized carbons (Fsp3) is 0.453. The lowest BCUT2D eigenvalue weighted by Crippen LogP contribution is -2.36. The highest BCUT2D eigenvalue weighted by atomic mass is 33.1. The third kappa shape index (κ3) is 25.9. The molecule has 3 aromatic rings. The number of urea groups is 1. The molecule has 0 bridgehead atoms. The van der Waals surface area contributed by atoms with Crippen LogP contribution in [0.25, 0.3) is 43.9 Å². The highest BCUT2D eigenvalue weighted by Gasteiger charge is 2.44. The van der Waals surface area contributed by atoms with Crippen molar-refractivity contribution in [1.82, 2.24) is 30.8 Å². The molecule has 6 rings (SSSR count). The van der Waals surface area contributed by atoms with Gasteiger partial charge in [0.1, 0.15) is 30.8 Å². The molecule has 5 atom stereocenters. The number of nitrogens with one attached hydrogen (secondary N) is 5. The van der Waals surface area contributed by atoms with Crippen molar-refractivity contribution in [1.29, 1.82) is 5.41 Å². The number of rotatable bonds is 39. The van der Waals surface area contributed by atoms with Gasteiger partial charge in [-0.15, -0.1) is 0 Å². The smallest absolute Gasteiger partial charge is 0.478 e. The largest absolute Gasteiger partial charge is 0.490 e. The van der Waals surface area contributed by atoms with Crippen LogP contribution in [-0.2, 0) is 75.5 Å². The molecule has 1 fully saturated rings. The van der Waals surface area contributed by atoms with E-state index in [0.29, 0.717) is 31.9 Å². The Morgan fingerprint density at radius 2 is 1.56 bits per heavy atom. The summed E-state index contributed by atoms with van der Waals surface area (Å²) in [5, 5.41) is 31.1. The Morgan fingerprint density at radius 3 is 2.24 bits per heavy atom. The number of carbonyl (C=O) groups is 4. The number of carboxylic acid groups (broad SMARTS) is 1. The molecule has 3 aliphatic rings. The first kappa shape index (κ1) is 82.6. The molecule has 1 aliphatic carbocycles. The topological polar surface area (TPSA) is 633 Å². The molecule has 48 heteroatoms. The summed E-state index contributed by atoms with van der Waals surface area (Å²) in [6.45, 7) is 3.66. The van der Waals surface area contributed by atoms with Gasteiger partial charge in [-0.1, -0.05) is 38.5 Å². The van der Waals surface area contributed by atoms with Gasteiger partial charge in [0.15, 0.2) is 21.1 Å². The van der Waals surface area contributed by atoms with E-state index in [-0.39, 0.29) is 103 Å². The van der Waals surface area contributed by atoms with Crippen LogP contribution in [-0.4, -0.2) is 186 Å². The third-order valence-corrected chi connectivity index (χ3v) is 22.3. The first-order valence-electron chi connectivity index (χ1n) is 29.3. The minimum Gasteiger partial charge on any atom is -0.478 e. The second-order valence-corrected chi connectivity index (χ2v) is 31.6. The number of benzene rings is 3. The molecule has 4 amide bonds. The monoisotopic (exact) mass is 1560 g/mol. The number of unbranched alkanes of at least 4 members (excludes halogenated alkanes) is 2. The van der Waals surface area contributed by atoms with Gasteiger partial charge in [-0.3, -0.25) is 28.4 Å². The molecule has 2 aromatic carbocycles. The number of aromatic carboxylic acids is 1. The number of alkyl carbamates (subject to hydrolysis) is 1. The Bertz CT molecular complexity index is 4440. The van der Waals surface area contributed by atoms with Gasteiger partial charge in [0.25, 0.3) is 26.1 Å². The molecule has 101 heavy (non-hydrogen) atoms. The van der Waals surface area contributed by atoms with Crippen molar-refractivity contribution in [2.24, 2.45) is 5.11 Å². The number of phosphoric ester groups is 1. The molecule has 1 aromatic heterocycles. The van der Waals surface area contributed by atoms with Crippen LogP contribution in [0.3, 0.4) is 0 Å². The third-order valence-electron chi connectivity index (χ3n) is 13.6. The van der Waals surface area contributed by atoms with Crippen molar-refractivity contribution >= 4 is 112 Å². The van der Waals surface area contributed by atoms with Crippen LogP contribution in [0.1, 0.15) is 78.5 Å². The Morgan fingerprint density at radius 1 is 0.861 bits per heavy atom. The first-order valence-corrected chi connectivity index (χ1v) is 39.0. The summed E-state index contributed by atoms with van der Waals surface area (Å²) >= 11 is 0. The van der Waals surface area contributed by atoms with Crippen LogP contribution in [0.15, 0.2) is 72.8 Å². The fourth-order valence-corrected chi connectivity index (χ4v) is 15.9. The van der Waals surface area contributed by atoms with Crippen molar-refractivity contribution < 1.29 is 129 Å². The van der Waals surface area contributed by atoms with Crippen molar-refractivity contribution in [3.05, 3.63) is 91.6 Å². The molecule has 0 radical (unpaired) electrons. The average molecular weight is 1560 g/mol. The quantitative estimate of drug-likeness (QED) is 0.00221. The number of hydrogen-bond acceptors (Lipinski definition) is 29. The SMILES string of the molecule is CC(C)(CCOC(=O)NCCOCCOCCNC(=O)c1ccc(C(=O)O)c(-c2c3ccc(=N)c(S(=O)(=O)O)c-3oc3c(S(=O)(=O)O)c(N)ccc23)c1)SSCOCCCCCNC(=O)NCC#Cc1cn([C@H]2C[C@@H](OCN=[N+]=[N-])[C@@H](COP(=O)(O)OP(=O)(O)OP(=O)(O)O)O2)c(=O)nc1N. The van der Waals surface area contributed by atoms with Gasteiger partial charge in [-0.05, 0) is 93.1 Å². The summed E-state index contributed by atoms with van der Waals surface area (Å²) in [7, 11) is -24.5. The predicted octanol–water partition coefficient (Wildman–Crippen LogP) is 4.42. The summed E-state index contributed by atoms with van der Waals surface area (Å²) in [5.41, 5.74) is 17.0. The maximum atomic E-state index is 13.4. The summed E-state index contributed by atoms with van der Waals surface area (Å²) in [5.74, 6) is 2.45. The number of fused-ring (bicyclic) bond motifs is 2. The number of nitrogens with two attached hydrogens (primary N) is 2. The number of phosphoric acid groups is 3. The number of nitrogen functional groups attached to an aromatic ring is 2. The van der Waals surface area contributed by atoms with Gasteiger partial charge in [0.05, 0.1) is 74.5 Å². The lowest BCUT2D eigenvalue weighted by atomic mass is 9.89. The van der Waals surface area contributed by atoms with Gasteiger partial charge in [-0.2, -0.15) is 30.4 Å². The van der Waals surface area contributed by atoms with Crippen LogP contribution in [0.5, 0.6) is 0 Å². The van der Waals surface area contributed by atoms with Crippen LogP contribution in [0.2, 0.25) is 0 Å². The van der Waals surface area contributed by atoms with Gasteiger partial charge in [0.2, 0.25) is 0 Å². The zero-order valence-electron chi connectivity index (χ0n) is 53.1. The number of nitrogens with zero attached hydrogens (tertiary/aromatic N) is 5. The van der Waals surface area contributed by atoms with Gasteiger partial charge >= 0.3 is 47.3 Å². The lowest BCUT2D eigenvalue weighted by molar-refractivity contribution is -0.0601. The Balaban J connectivity index is 0.802. The van der Waals surface area contributed by atoms with Gasteiger partial charge in [-0.25, -0.2) is 32.9 Å². The molecule has 554 valence electrons. The van der Waals surface area contributed by atoms with Gasteiger partial charge in [0, 0.05) is 70.6 Å². The second-order valence-electron chi connectivity index (χ2n) is 21.5. The van der Waals surface area contributed by atoms with E-state index >= 15 is 0 Å². The molecule has 0 saturated carbocycles. The fourth-order valence-electron chi connectivity index (χ4n) is 9.16. The molecular weight excluding hydrogens is 1490 g/mol. The van der Waals surface area contributed by atoms with E-state index in [1.807, 2.05) is 13.8 Å². The summed E-state index contributed by atoms with van der Waals surface area (Å²) < 4.78 is 157. The summed E-state index contributed by atoms with van der Waals surface area (Å²) in [6, 6.07) is 7.30. The van der Waals surface area contributed by atoms with Crippen LogP contribution < -0.4 is 43.8 Å². The second kappa shape index (κ2) is 37.2. The number of hydrogen-bond donors (Lipinski definition) is 14. The van der Waals surface area contributed by atoms with E-state index in [4.69, 9.17) is 65.0 Å². The molecule has 2 aliphatic heterocycles. The minimum atomic E-state index is -5.84. The van der Waals surface area contributed by atoms with Crippen LogP contribution in [0.4, 0.5) is 21.1 Å². The number of carbonyl (C=O) groups excluding carboxylic acids is 3. The zero-order chi connectivity index (χ0) is 74.5. The molecule has 16 N–H and O–H groups in total. The lowest BCUT2D eigenvalue weighted by Gasteiger charge is -2.22. The zero-order valence-corrected chi connectivity index (χ0v) is 59.0. The Hall–Kier alpha value is -7.31. The Labute approximate surface area is 581 Å². The first-order chi connectivity index (χ1) is 47.4. The molecular formula is C53H69N12O29P3S4. The standard InChI is InChI=1S/C53H69N12O29P3S4/c1-53(2,99-98-30-87-19-5-3-4-15-59-50(69)60-16-6-7-32-27-65(51(70)63-47(32)56)41-26-39(89-29-62-64-57)40(91-41)28-90-96(75,76)94-97(77,78)93-95(72,73)74)14-20-88-52(71)61-18-22-86-24-23-85-21-17-58-48(66)31-8-9-33(49(67)68)36(25-31)42-34-10-12-37(54)45(100(79,80)81)43(34)92-44-35(42)11-13-38(55)46(44)101(82,83)84/h8-13,25,27,39-41,54H,3-5,14-24,26,28-30,55H2,1-2H3,(H,58,66)(H,61,71)(H,67,68)(H,75,76)(H,77,78)(H2,56,63,70)(H2,59,60,69)(H2,72,73,74)(H,79,80,81)(H,82,83,84)/t39-,40-,41-/m1/s1. The number of azide groups is 1. The van der Waals surface area contributed by atoms with Gasteiger partial charge < -0.3 is 90.3 Å². The number of aromatic nitrogens is 2. The maximum Gasteiger partial charge on any atom is 0.490 e. The van der Waals surface area contributed by atoms with E-state index in [1.165, 1.54) is 29.1 Å². The summed E-state index contributed by atoms with van der Waals surface area (Å²) in [6.07, 6.45) is -0.795. The number of carboxylic acids is 1. The average Bonchev–Trinajstić information content (AvgIpc) is 1.14. The number of ether oxygens (including phenoxy) is 6. The van der Waals surface area contributed by atoms with Crippen molar-refractivity contribution in [3.8, 4) is 34.3 Å². The number of amides is 4. The highest BCUT2D eigenvalue weighted by Crippen LogP contribution is 2.66.